The number of H-pyrrole nitrogens is 1. The van der Waals surface area contributed by atoms with Crippen LogP contribution in [0.5, 0.6) is 0 Å². The lowest BCUT2D eigenvalue weighted by atomic mass is 10.1. The molecule has 0 saturated heterocycles. The van der Waals surface area contributed by atoms with Crippen molar-refractivity contribution >= 4 is 17.6 Å². The highest BCUT2D eigenvalue weighted by atomic mass is 16.5. The summed E-state index contributed by atoms with van der Waals surface area (Å²) < 4.78 is 5.04. The summed E-state index contributed by atoms with van der Waals surface area (Å²) in [7, 11) is 0. The lowest BCUT2D eigenvalue weighted by Crippen LogP contribution is -2.26. The summed E-state index contributed by atoms with van der Waals surface area (Å²) >= 11 is 0. The van der Waals surface area contributed by atoms with Crippen LogP contribution < -0.4 is 10.9 Å². The number of amides is 1. The van der Waals surface area contributed by atoms with Gasteiger partial charge in [-0.25, -0.2) is 4.79 Å². The Bertz CT molecular complexity index is 884. The molecule has 0 aliphatic rings. The molecule has 0 atom stereocenters. The van der Waals surface area contributed by atoms with E-state index in [2.05, 4.69) is 10.3 Å². The summed E-state index contributed by atoms with van der Waals surface area (Å²) in [5, 5.41) is 2.71. The number of ether oxygens (including phenoxy) is 1. The maximum atomic E-state index is 12.5. The summed E-state index contributed by atoms with van der Waals surface area (Å²) in [5.74, 6) is -1.12. The Morgan fingerprint density at radius 2 is 1.81 bits per heavy atom. The molecule has 0 spiro atoms. The average molecular weight is 356 g/mol. The predicted molar refractivity (Wildman–Crippen MR) is 101 cm³/mol. The van der Waals surface area contributed by atoms with Gasteiger partial charge in [0.15, 0.2) is 0 Å². The molecule has 0 saturated carbocycles. The molecule has 138 valence electrons. The Balaban J connectivity index is 2.39. The van der Waals surface area contributed by atoms with Crippen LogP contribution in [0, 0.1) is 13.8 Å². The molecule has 0 aliphatic heterocycles. The molecule has 6 heteroatoms. The highest BCUT2D eigenvalue weighted by Gasteiger charge is 2.19. The largest absolute Gasteiger partial charge is 0.462 e. The summed E-state index contributed by atoms with van der Waals surface area (Å²) in [5.41, 5.74) is 2.79. The molecule has 1 aromatic carbocycles. The molecule has 2 N–H and O–H groups in total. The molecule has 2 rings (SSSR count). The van der Waals surface area contributed by atoms with Crippen molar-refractivity contribution in [1.82, 2.24) is 4.98 Å². The van der Waals surface area contributed by atoms with E-state index in [4.69, 9.17) is 4.74 Å². The van der Waals surface area contributed by atoms with Crippen LogP contribution in [0.25, 0.3) is 0 Å². The van der Waals surface area contributed by atoms with Gasteiger partial charge in [0.2, 0.25) is 0 Å². The number of anilines is 1. The van der Waals surface area contributed by atoms with Gasteiger partial charge in [-0.1, -0.05) is 19.4 Å². The van der Waals surface area contributed by atoms with Crippen molar-refractivity contribution in [3.63, 3.8) is 0 Å². The molecule has 1 amide bonds. The van der Waals surface area contributed by atoms with Crippen LogP contribution in [0.15, 0.2) is 29.1 Å². The average Bonchev–Trinajstić information content (AvgIpc) is 2.58. The third-order valence-corrected chi connectivity index (χ3v) is 4.13. The number of benzene rings is 1. The van der Waals surface area contributed by atoms with Gasteiger partial charge >= 0.3 is 5.97 Å². The first-order chi connectivity index (χ1) is 12.4. The minimum absolute atomic E-state index is 0.119. The number of carbonyl (C=O) groups excluding carboxylic acids is 2. The molecule has 2 aromatic rings. The van der Waals surface area contributed by atoms with Gasteiger partial charge in [0.05, 0.1) is 12.2 Å². The van der Waals surface area contributed by atoms with Crippen LogP contribution in [0.2, 0.25) is 0 Å². The van der Waals surface area contributed by atoms with E-state index in [1.807, 2.05) is 32.9 Å². The molecular formula is C20H24N2O4. The SMILES string of the molecule is CCCc1[nH]c(=O)c(C(=O)Nc2ccc(C)c(C)c2)cc1C(=O)OCC. The van der Waals surface area contributed by atoms with Gasteiger partial charge in [0, 0.05) is 11.4 Å². The lowest BCUT2D eigenvalue weighted by molar-refractivity contribution is 0.0524. The van der Waals surface area contributed by atoms with Gasteiger partial charge in [-0.05, 0) is 56.5 Å². The quantitative estimate of drug-likeness (QED) is 0.777. The summed E-state index contributed by atoms with van der Waals surface area (Å²) in [6, 6.07) is 6.81. The van der Waals surface area contributed by atoms with Crippen LogP contribution in [-0.4, -0.2) is 23.5 Å². The molecule has 0 aliphatic carbocycles. The Kier molecular flexibility index (Phi) is 6.33. The minimum atomic E-state index is -0.567. The first kappa shape index (κ1) is 19.4. The Morgan fingerprint density at radius 1 is 1.08 bits per heavy atom. The lowest BCUT2D eigenvalue weighted by Gasteiger charge is -2.11. The van der Waals surface area contributed by atoms with E-state index >= 15 is 0 Å². The maximum Gasteiger partial charge on any atom is 0.339 e. The van der Waals surface area contributed by atoms with Crippen molar-refractivity contribution in [1.29, 1.82) is 0 Å². The third-order valence-electron chi connectivity index (χ3n) is 4.13. The second kappa shape index (κ2) is 8.47. The van der Waals surface area contributed by atoms with E-state index in [0.29, 0.717) is 17.8 Å². The molecule has 0 radical (unpaired) electrons. The maximum absolute atomic E-state index is 12.5. The Labute approximate surface area is 152 Å². The molecule has 0 bridgehead atoms. The van der Waals surface area contributed by atoms with Crippen molar-refractivity contribution in [2.24, 2.45) is 0 Å². The van der Waals surface area contributed by atoms with Crippen molar-refractivity contribution in [3.8, 4) is 0 Å². The fourth-order valence-electron chi connectivity index (χ4n) is 2.59. The highest BCUT2D eigenvalue weighted by Crippen LogP contribution is 2.16. The van der Waals surface area contributed by atoms with E-state index in [1.165, 1.54) is 6.07 Å². The van der Waals surface area contributed by atoms with Gasteiger partial charge in [0.1, 0.15) is 5.56 Å². The first-order valence-electron chi connectivity index (χ1n) is 8.69. The standard InChI is InChI=1S/C20H24N2O4/c1-5-7-17-15(20(25)26-6-2)11-16(19(24)22-17)18(23)21-14-9-8-12(3)13(4)10-14/h8-11H,5-7H2,1-4H3,(H,21,23)(H,22,24). The number of hydrogen-bond acceptors (Lipinski definition) is 4. The molecule has 1 heterocycles. The zero-order valence-corrected chi connectivity index (χ0v) is 15.6. The Morgan fingerprint density at radius 3 is 2.42 bits per heavy atom. The van der Waals surface area contributed by atoms with Gasteiger partial charge in [-0.15, -0.1) is 0 Å². The van der Waals surface area contributed by atoms with E-state index in [1.54, 1.807) is 13.0 Å². The molecule has 0 fully saturated rings. The zero-order chi connectivity index (χ0) is 19.3. The van der Waals surface area contributed by atoms with Crippen LogP contribution in [0.1, 0.15) is 57.8 Å². The Hall–Kier alpha value is -2.89. The number of rotatable bonds is 6. The number of aromatic nitrogens is 1. The van der Waals surface area contributed by atoms with Crippen molar-refractivity contribution < 1.29 is 14.3 Å². The molecule has 0 unspecified atom stereocenters. The molecule has 1 aromatic heterocycles. The molecule has 26 heavy (non-hydrogen) atoms. The van der Waals surface area contributed by atoms with Gasteiger partial charge in [-0.2, -0.15) is 0 Å². The van der Waals surface area contributed by atoms with Crippen molar-refractivity contribution in [2.75, 3.05) is 11.9 Å². The van der Waals surface area contributed by atoms with Gasteiger partial charge in [0.25, 0.3) is 11.5 Å². The highest BCUT2D eigenvalue weighted by molar-refractivity contribution is 6.05. The third kappa shape index (κ3) is 4.39. The fraction of sp³-hybridized carbons (Fsp3) is 0.350. The van der Waals surface area contributed by atoms with E-state index in [-0.39, 0.29) is 17.7 Å². The second-order valence-corrected chi connectivity index (χ2v) is 6.13. The van der Waals surface area contributed by atoms with Gasteiger partial charge in [-0.3, -0.25) is 9.59 Å². The smallest absolute Gasteiger partial charge is 0.339 e. The topological polar surface area (TPSA) is 88.3 Å². The monoisotopic (exact) mass is 356 g/mol. The number of carbonyl (C=O) groups is 2. The summed E-state index contributed by atoms with van der Waals surface area (Å²) in [6.07, 6.45) is 1.26. The normalized spacial score (nSPS) is 10.5. The fourth-order valence-corrected chi connectivity index (χ4v) is 2.59. The van der Waals surface area contributed by atoms with Crippen molar-refractivity contribution in [3.05, 3.63) is 62.6 Å². The van der Waals surface area contributed by atoms with E-state index in [9.17, 15) is 14.4 Å². The number of esters is 1. The van der Waals surface area contributed by atoms with Crippen molar-refractivity contribution in [2.45, 2.75) is 40.5 Å². The second-order valence-electron chi connectivity index (χ2n) is 6.13. The number of aromatic amines is 1. The van der Waals surface area contributed by atoms with E-state index in [0.717, 1.165) is 17.5 Å². The predicted octanol–water partition coefficient (Wildman–Crippen LogP) is 3.37. The van der Waals surface area contributed by atoms with Gasteiger partial charge < -0.3 is 15.0 Å². The summed E-state index contributed by atoms with van der Waals surface area (Å²) in [6.45, 7) is 7.78. The summed E-state index contributed by atoms with van der Waals surface area (Å²) in [4.78, 5) is 39.7. The molecule has 6 nitrogen and oxygen atoms in total. The van der Waals surface area contributed by atoms with Crippen LogP contribution in [0.3, 0.4) is 0 Å². The number of aryl methyl sites for hydroxylation is 3. The van der Waals surface area contributed by atoms with E-state index < -0.39 is 17.4 Å². The number of nitrogens with one attached hydrogen (secondary N) is 2. The zero-order valence-electron chi connectivity index (χ0n) is 15.6. The molecular weight excluding hydrogens is 332 g/mol. The number of pyridine rings is 1. The van der Waals surface area contributed by atoms with Crippen LogP contribution in [-0.2, 0) is 11.2 Å². The first-order valence-corrected chi connectivity index (χ1v) is 8.69. The number of hydrogen-bond donors (Lipinski definition) is 2. The van der Waals surface area contributed by atoms with Crippen LogP contribution >= 0.6 is 0 Å². The minimum Gasteiger partial charge on any atom is -0.462 e. The van der Waals surface area contributed by atoms with Crippen LogP contribution in [0.4, 0.5) is 5.69 Å².